The minimum absolute atomic E-state index is 0.00256. The van der Waals surface area contributed by atoms with Crippen LogP contribution in [0.1, 0.15) is 44.2 Å². The largest absolute Gasteiger partial charge is 0.492 e. The van der Waals surface area contributed by atoms with Gasteiger partial charge in [-0.15, -0.1) is 0 Å². The van der Waals surface area contributed by atoms with Gasteiger partial charge in [-0.3, -0.25) is 9.59 Å². The van der Waals surface area contributed by atoms with Crippen LogP contribution in [-0.2, 0) is 22.6 Å². The van der Waals surface area contributed by atoms with E-state index in [9.17, 15) is 14.0 Å². The van der Waals surface area contributed by atoms with E-state index < -0.39 is 5.41 Å². The van der Waals surface area contributed by atoms with Crippen molar-refractivity contribution in [3.8, 4) is 5.75 Å². The highest BCUT2D eigenvalue weighted by Gasteiger charge is 2.31. The van der Waals surface area contributed by atoms with Crippen LogP contribution in [0.2, 0.25) is 0 Å². The summed E-state index contributed by atoms with van der Waals surface area (Å²) in [6.45, 7) is 5.78. The summed E-state index contributed by atoms with van der Waals surface area (Å²) in [5.74, 6) is 0.449. The number of aryl methyl sites for hydroxylation is 1. The summed E-state index contributed by atoms with van der Waals surface area (Å²) < 4.78 is 19.9. The van der Waals surface area contributed by atoms with Crippen molar-refractivity contribution < 1.29 is 18.7 Å². The molecule has 0 spiro atoms. The minimum Gasteiger partial charge on any atom is -0.492 e. The molecule has 1 aliphatic rings. The van der Waals surface area contributed by atoms with E-state index in [1.165, 1.54) is 6.07 Å². The Hall–Kier alpha value is -2.89. The van der Waals surface area contributed by atoms with E-state index in [-0.39, 0.29) is 30.7 Å². The molecule has 0 unspecified atom stereocenters. The zero-order valence-corrected chi connectivity index (χ0v) is 19.3. The number of fused-ring (bicyclic) bond motifs is 2. The van der Waals surface area contributed by atoms with Gasteiger partial charge in [-0.05, 0) is 62.4 Å². The first-order valence-electron chi connectivity index (χ1n) is 11.2. The SMILES string of the molecule is CN1CCCCN(C(=O)CCc2ccccc2F)Cc2cccc(c2)OCC(C)(C)C1=O. The Labute approximate surface area is 190 Å². The number of carbonyl (C=O) groups excluding carboxylic acids is 2. The second kappa shape index (κ2) is 10.6. The predicted octanol–water partition coefficient (Wildman–Crippen LogP) is 4.44. The van der Waals surface area contributed by atoms with Gasteiger partial charge in [0.2, 0.25) is 11.8 Å². The molecule has 0 radical (unpaired) electrons. The second-order valence-electron chi connectivity index (χ2n) is 9.16. The first-order chi connectivity index (χ1) is 15.3. The molecule has 0 aromatic heterocycles. The predicted molar refractivity (Wildman–Crippen MR) is 123 cm³/mol. The normalized spacial score (nSPS) is 17.4. The van der Waals surface area contributed by atoms with Crippen LogP contribution in [0.15, 0.2) is 48.5 Å². The van der Waals surface area contributed by atoms with Crippen LogP contribution in [0.4, 0.5) is 4.39 Å². The highest BCUT2D eigenvalue weighted by Crippen LogP contribution is 2.23. The van der Waals surface area contributed by atoms with E-state index in [0.29, 0.717) is 37.4 Å². The number of benzene rings is 2. The van der Waals surface area contributed by atoms with Crippen molar-refractivity contribution in [1.82, 2.24) is 9.80 Å². The third-order valence-electron chi connectivity index (χ3n) is 5.89. The summed E-state index contributed by atoms with van der Waals surface area (Å²) >= 11 is 0. The number of amides is 2. The molecule has 1 aliphatic heterocycles. The van der Waals surface area contributed by atoms with Gasteiger partial charge in [0, 0.05) is 33.1 Å². The lowest BCUT2D eigenvalue weighted by molar-refractivity contribution is -0.140. The highest BCUT2D eigenvalue weighted by atomic mass is 19.1. The number of halogens is 1. The summed E-state index contributed by atoms with van der Waals surface area (Å²) in [7, 11) is 1.81. The van der Waals surface area contributed by atoms with Gasteiger partial charge in [0.05, 0.1) is 5.41 Å². The zero-order chi connectivity index (χ0) is 23.1. The van der Waals surface area contributed by atoms with Gasteiger partial charge >= 0.3 is 0 Å². The second-order valence-corrected chi connectivity index (χ2v) is 9.16. The number of hydrogen-bond acceptors (Lipinski definition) is 3. The Balaban J connectivity index is 1.75. The van der Waals surface area contributed by atoms with E-state index in [4.69, 9.17) is 4.74 Å². The first kappa shape index (κ1) is 23.8. The first-order valence-corrected chi connectivity index (χ1v) is 11.2. The van der Waals surface area contributed by atoms with Crippen LogP contribution >= 0.6 is 0 Å². The fourth-order valence-corrected chi connectivity index (χ4v) is 3.94. The molecule has 0 atom stereocenters. The number of carbonyl (C=O) groups is 2. The van der Waals surface area contributed by atoms with Crippen molar-refractivity contribution in [2.45, 2.75) is 46.1 Å². The topological polar surface area (TPSA) is 49.9 Å². The standard InChI is InChI=1S/C26H33FN2O3/c1-26(2)19-32-22-11-8-9-20(17-22)18-29(16-7-6-15-28(3)25(26)31)24(30)14-13-21-10-4-5-12-23(21)27/h4-5,8-12,17H,6-7,13-16,18-19H2,1-3H3. The van der Waals surface area contributed by atoms with Crippen LogP contribution in [0.5, 0.6) is 5.75 Å². The molecule has 32 heavy (non-hydrogen) atoms. The Morgan fingerprint density at radius 1 is 1.09 bits per heavy atom. The third kappa shape index (κ3) is 6.31. The van der Waals surface area contributed by atoms with Crippen LogP contribution in [0.25, 0.3) is 0 Å². The molecule has 6 heteroatoms. The van der Waals surface area contributed by atoms with E-state index in [1.807, 2.05) is 50.1 Å². The molecule has 5 nitrogen and oxygen atoms in total. The van der Waals surface area contributed by atoms with Gasteiger partial charge in [-0.2, -0.15) is 0 Å². The van der Waals surface area contributed by atoms with Gasteiger partial charge in [0.15, 0.2) is 0 Å². The maximum absolute atomic E-state index is 13.9. The van der Waals surface area contributed by atoms with Crippen molar-refractivity contribution >= 4 is 11.8 Å². The molecule has 172 valence electrons. The van der Waals surface area contributed by atoms with E-state index in [1.54, 1.807) is 23.1 Å². The molecule has 0 saturated carbocycles. The smallest absolute Gasteiger partial charge is 0.231 e. The average Bonchev–Trinajstić information content (AvgIpc) is 2.78. The Morgan fingerprint density at radius 2 is 1.84 bits per heavy atom. The molecule has 0 fully saturated rings. The Morgan fingerprint density at radius 3 is 2.62 bits per heavy atom. The summed E-state index contributed by atoms with van der Waals surface area (Å²) in [6, 6.07) is 14.2. The molecule has 0 aliphatic carbocycles. The zero-order valence-electron chi connectivity index (χ0n) is 19.3. The van der Waals surface area contributed by atoms with Crippen molar-refractivity contribution in [2.24, 2.45) is 5.41 Å². The van der Waals surface area contributed by atoms with Gasteiger partial charge in [-0.25, -0.2) is 4.39 Å². The minimum atomic E-state index is -0.621. The van der Waals surface area contributed by atoms with Crippen molar-refractivity contribution in [1.29, 1.82) is 0 Å². The highest BCUT2D eigenvalue weighted by molar-refractivity contribution is 5.82. The molecule has 2 bridgehead atoms. The molecule has 2 aromatic carbocycles. The van der Waals surface area contributed by atoms with Crippen molar-refractivity contribution in [3.05, 3.63) is 65.5 Å². The maximum Gasteiger partial charge on any atom is 0.231 e. The van der Waals surface area contributed by atoms with E-state index >= 15 is 0 Å². The van der Waals surface area contributed by atoms with Crippen molar-refractivity contribution in [2.75, 3.05) is 26.7 Å². The molecule has 0 N–H and O–H groups in total. The Bertz CT molecular complexity index is 944. The average molecular weight is 441 g/mol. The summed E-state index contributed by atoms with van der Waals surface area (Å²) in [5.41, 5.74) is 0.907. The van der Waals surface area contributed by atoms with E-state index in [2.05, 4.69) is 0 Å². The number of hydrogen-bond donors (Lipinski definition) is 0. The summed E-state index contributed by atoms with van der Waals surface area (Å²) in [4.78, 5) is 29.4. The molecule has 0 saturated heterocycles. The molecule has 2 aromatic rings. The number of nitrogens with zero attached hydrogens (tertiary/aromatic N) is 2. The Kier molecular flexibility index (Phi) is 7.89. The number of rotatable bonds is 3. The fourth-order valence-electron chi connectivity index (χ4n) is 3.94. The van der Waals surface area contributed by atoms with Crippen molar-refractivity contribution in [3.63, 3.8) is 0 Å². The van der Waals surface area contributed by atoms with Crippen LogP contribution in [-0.4, -0.2) is 48.4 Å². The monoisotopic (exact) mass is 440 g/mol. The number of ether oxygens (including phenoxy) is 1. The lowest BCUT2D eigenvalue weighted by Gasteiger charge is -2.30. The molecular formula is C26H33FN2O3. The van der Waals surface area contributed by atoms with Crippen LogP contribution in [0, 0.1) is 11.2 Å². The molecule has 3 rings (SSSR count). The van der Waals surface area contributed by atoms with Gasteiger partial charge in [0.1, 0.15) is 18.2 Å². The van der Waals surface area contributed by atoms with E-state index in [0.717, 1.165) is 18.4 Å². The summed E-state index contributed by atoms with van der Waals surface area (Å²) in [5, 5.41) is 0. The fraction of sp³-hybridized carbons (Fsp3) is 0.462. The summed E-state index contributed by atoms with van der Waals surface area (Å²) in [6.07, 6.45) is 2.22. The lowest BCUT2D eigenvalue weighted by atomic mass is 9.92. The lowest BCUT2D eigenvalue weighted by Crippen LogP contribution is -2.42. The van der Waals surface area contributed by atoms with Crippen LogP contribution < -0.4 is 4.74 Å². The quantitative estimate of drug-likeness (QED) is 0.709. The molecular weight excluding hydrogens is 407 g/mol. The van der Waals surface area contributed by atoms with Gasteiger partial charge < -0.3 is 14.5 Å². The van der Waals surface area contributed by atoms with Gasteiger partial charge in [0.25, 0.3) is 0 Å². The maximum atomic E-state index is 13.9. The molecule has 2 amide bonds. The molecule has 1 heterocycles. The van der Waals surface area contributed by atoms with Gasteiger partial charge in [-0.1, -0.05) is 30.3 Å². The third-order valence-corrected chi connectivity index (χ3v) is 5.89. The van der Waals surface area contributed by atoms with Crippen LogP contribution in [0.3, 0.4) is 0 Å².